The first-order chi connectivity index (χ1) is 8.88. The van der Waals surface area contributed by atoms with Crippen LogP contribution in [0.2, 0.25) is 0 Å². The number of piperidine rings is 1. The molecule has 2 fully saturated rings. The van der Waals surface area contributed by atoms with Crippen molar-refractivity contribution in [3.63, 3.8) is 0 Å². The van der Waals surface area contributed by atoms with E-state index in [0.717, 1.165) is 38.4 Å². The van der Waals surface area contributed by atoms with Crippen LogP contribution in [0, 0.1) is 17.3 Å². The number of hydrogen-bond donors (Lipinski definition) is 1. The molecule has 4 heteroatoms. The standard InChI is InChI=1S/C15H26N2O2/c1-15(2,3)14(19)17-8-6-12(7-9-17)13(18)16-10-11-4-5-11/h11-12H,4-10H2,1-3H3,(H,16,18). The number of amides is 2. The zero-order valence-electron chi connectivity index (χ0n) is 12.4. The maximum Gasteiger partial charge on any atom is 0.227 e. The van der Waals surface area contributed by atoms with Gasteiger partial charge >= 0.3 is 0 Å². The highest BCUT2D eigenvalue weighted by atomic mass is 16.2. The lowest BCUT2D eigenvalue weighted by atomic mass is 9.90. The summed E-state index contributed by atoms with van der Waals surface area (Å²) in [4.78, 5) is 26.0. The van der Waals surface area contributed by atoms with E-state index in [1.807, 2.05) is 25.7 Å². The Morgan fingerprint density at radius 2 is 1.68 bits per heavy atom. The lowest BCUT2D eigenvalue weighted by molar-refractivity contribution is -0.142. The minimum absolute atomic E-state index is 0.0998. The molecule has 2 rings (SSSR count). The van der Waals surface area contributed by atoms with Crippen LogP contribution in [0.4, 0.5) is 0 Å². The van der Waals surface area contributed by atoms with Gasteiger partial charge in [0.25, 0.3) is 0 Å². The van der Waals surface area contributed by atoms with E-state index in [1.54, 1.807) is 0 Å². The molecule has 0 unspecified atom stereocenters. The molecule has 2 amide bonds. The second kappa shape index (κ2) is 5.51. The Morgan fingerprint density at radius 3 is 2.16 bits per heavy atom. The van der Waals surface area contributed by atoms with Gasteiger partial charge in [-0.1, -0.05) is 20.8 Å². The van der Waals surface area contributed by atoms with Gasteiger partial charge in [0.2, 0.25) is 11.8 Å². The van der Waals surface area contributed by atoms with Gasteiger partial charge in [-0.05, 0) is 31.6 Å². The molecular weight excluding hydrogens is 240 g/mol. The number of carbonyl (C=O) groups excluding carboxylic acids is 2. The number of carbonyl (C=O) groups is 2. The van der Waals surface area contributed by atoms with E-state index < -0.39 is 0 Å². The fraction of sp³-hybridized carbons (Fsp3) is 0.867. The van der Waals surface area contributed by atoms with Gasteiger partial charge < -0.3 is 10.2 Å². The van der Waals surface area contributed by atoms with Crippen LogP contribution < -0.4 is 5.32 Å². The predicted molar refractivity (Wildman–Crippen MR) is 74.5 cm³/mol. The van der Waals surface area contributed by atoms with Crippen LogP contribution in [0.5, 0.6) is 0 Å². The Hall–Kier alpha value is -1.06. The van der Waals surface area contributed by atoms with Gasteiger partial charge in [-0.25, -0.2) is 0 Å². The molecule has 0 aromatic heterocycles. The molecule has 0 atom stereocenters. The molecule has 19 heavy (non-hydrogen) atoms. The van der Waals surface area contributed by atoms with Crippen LogP contribution in [0.1, 0.15) is 46.5 Å². The zero-order chi connectivity index (χ0) is 14.0. The Labute approximate surface area is 115 Å². The van der Waals surface area contributed by atoms with Gasteiger partial charge in [0.1, 0.15) is 0 Å². The zero-order valence-corrected chi connectivity index (χ0v) is 12.4. The Bertz CT molecular complexity index is 348. The lowest BCUT2D eigenvalue weighted by Gasteiger charge is -2.35. The fourth-order valence-corrected chi connectivity index (χ4v) is 2.53. The van der Waals surface area contributed by atoms with Crippen molar-refractivity contribution in [3.8, 4) is 0 Å². The summed E-state index contributed by atoms with van der Waals surface area (Å²) in [5, 5.41) is 3.05. The average molecular weight is 266 g/mol. The topological polar surface area (TPSA) is 49.4 Å². The molecule has 4 nitrogen and oxygen atoms in total. The number of nitrogens with zero attached hydrogens (tertiary/aromatic N) is 1. The maximum atomic E-state index is 12.1. The van der Waals surface area contributed by atoms with Gasteiger partial charge in [0.15, 0.2) is 0 Å². The predicted octanol–water partition coefficient (Wildman–Crippen LogP) is 1.80. The summed E-state index contributed by atoms with van der Waals surface area (Å²) in [6, 6.07) is 0. The molecular formula is C15H26N2O2. The monoisotopic (exact) mass is 266 g/mol. The Morgan fingerprint density at radius 1 is 1.11 bits per heavy atom. The van der Waals surface area contributed by atoms with Crippen molar-refractivity contribution in [1.82, 2.24) is 10.2 Å². The van der Waals surface area contributed by atoms with E-state index in [4.69, 9.17) is 0 Å². The largest absolute Gasteiger partial charge is 0.356 e. The van der Waals surface area contributed by atoms with Crippen LogP contribution in [-0.4, -0.2) is 36.3 Å². The maximum absolute atomic E-state index is 12.1. The molecule has 1 heterocycles. The van der Waals surface area contributed by atoms with E-state index in [-0.39, 0.29) is 23.1 Å². The molecule has 0 spiro atoms. The van der Waals surface area contributed by atoms with E-state index in [2.05, 4.69) is 5.32 Å². The van der Waals surface area contributed by atoms with Crippen LogP contribution in [0.3, 0.4) is 0 Å². The van der Waals surface area contributed by atoms with Gasteiger partial charge in [-0.3, -0.25) is 9.59 Å². The molecule has 0 radical (unpaired) electrons. The van der Waals surface area contributed by atoms with E-state index in [1.165, 1.54) is 12.8 Å². The normalized spacial score (nSPS) is 21.3. The van der Waals surface area contributed by atoms with Crippen LogP contribution in [0.25, 0.3) is 0 Å². The molecule has 0 aromatic carbocycles. The van der Waals surface area contributed by atoms with Crippen molar-refractivity contribution in [3.05, 3.63) is 0 Å². The number of nitrogens with one attached hydrogen (secondary N) is 1. The third-order valence-electron chi connectivity index (χ3n) is 4.06. The second-order valence-corrected chi connectivity index (χ2v) is 7.01. The number of hydrogen-bond acceptors (Lipinski definition) is 2. The van der Waals surface area contributed by atoms with Crippen molar-refractivity contribution < 1.29 is 9.59 Å². The summed E-state index contributed by atoms with van der Waals surface area (Å²) in [5.74, 6) is 1.22. The first-order valence-corrected chi connectivity index (χ1v) is 7.45. The smallest absolute Gasteiger partial charge is 0.227 e. The Balaban J connectivity index is 1.75. The molecule has 1 aliphatic heterocycles. The average Bonchev–Trinajstić information content (AvgIpc) is 3.18. The van der Waals surface area contributed by atoms with E-state index >= 15 is 0 Å². The highest BCUT2D eigenvalue weighted by molar-refractivity contribution is 5.82. The summed E-state index contributed by atoms with van der Waals surface area (Å²) >= 11 is 0. The second-order valence-electron chi connectivity index (χ2n) is 7.01. The highest BCUT2D eigenvalue weighted by Gasteiger charge is 2.32. The van der Waals surface area contributed by atoms with Crippen molar-refractivity contribution in [2.75, 3.05) is 19.6 Å². The summed E-state index contributed by atoms with van der Waals surface area (Å²) < 4.78 is 0. The van der Waals surface area contributed by atoms with Gasteiger partial charge in [-0.15, -0.1) is 0 Å². The molecule has 1 N–H and O–H groups in total. The van der Waals surface area contributed by atoms with Crippen molar-refractivity contribution >= 4 is 11.8 Å². The first-order valence-electron chi connectivity index (χ1n) is 7.45. The summed E-state index contributed by atoms with van der Waals surface area (Å²) in [5.41, 5.74) is -0.318. The van der Waals surface area contributed by atoms with Gasteiger partial charge in [-0.2, -0.15) is 0 Å². The van der Waals surface area contributed by atoms with Gasteiger partial charge in [0, 0.05) is 31.0 Å². The molecule has 1 aliphatic carbocycles. The van der Waals surface area contributed by atoms with Crippen molar-refractivity contribution in [2.45, 2.75) is 46.5 Å². The van der Waals surface area contributed by atoms with Gasteiger partial charge in [0.05, 0.1) is 0 Å². The molecule has 108 valence electrons. The van der Waals surface area contributed by atoms with E-state index in [9.17, 15) is 9.59 Å². The minimum Gasteiger partial charge on any atom is -0.356 e. The van der Waals surface area contributed by atoms with Crippen LogP contribution in [0.15, 0.2) is 0 Å². The first kappa shape index (κ1) is 14.4. The van der Waals surface area contributed by atoms with Crippen LogP contribution >= 0.6 is 0 Å². The quantitative estimate of drug-likeness (QED) is 0.847. The molecule has 2 aliphatic rings. The highest BCUT2D eigenvalue weighted by Crippen LogP contribution is 2.28. The number of likely N-dealkylation sites (tertiary alicyclic amines) is 1. The summed E-state index contributed by atoms with van der Waals surface area (Å²) in [6.45, 7) is 8.13. The number of rotatable bonds is 3. The third kappa shape index (κ3) is 3.95. The minimum atomic E-state index is -0.318. The van der Waals surface area contributed by atoms with Crippen molar-refractivity contribution in [2.24, 2.45) is 17.3 Å². The molecule has 1 saturated carbocycles. The lowest BCUT2D eigenvalue weighted by Crippen LogP contribution is -2.46. The summed E-state index contributed by atoms with van der Waals surface area (Å²) in [7, 11) is 0. The third-order valence-corrected chi connectivity index (χ3v) is 4.06. The van der Waals surface area contributed by atoms with Crippen LogP contribution in [-0.2, 0) is 9.59 Å². The van der Waals surface area contributed by atoms with E-state index in [0.29, 0.717) is 0 Å². The Kier molecular flexibility index (Phi) is 4.16. The fourth-order valence-electron chi connectivity index (χ4n) is 2.53. The molecule has 0 bridgehead atoms. The molecule has 0 aromatic rings. The SMILES string of the molecule is CC(C)(C)C(=O)N1CCC(C(=O)NCC2CC2)CC1. The summed E-state index contributed by atoms with van der Waals surface area (Å²) in [6.07, 6.45) is 4.13. The molecule has 1 saturated heterocycles. The van der Waals surface area contributed by atoms with Crippen molar-refractivity contribution in [1.29, 1.82) is 0 Å².